The fraction of sp³-hybridized carbons (Fsp3) is 0.200. The quantitative estimate of drug-likeness (QED) is 0.434. The van der Waals surface area contributed by atoms with E-state index >= 15 is 0 Å². The van der Waals surface area contributed by atoms with Crippen LogP contribution in [0.3, 0.4) is 0 Å². The van der Waals surface area contributed by atoms with Gasteiger partial charge in [0.2, 0.25) is 5.91 Å². The number of likely N-dealkylation sites (tertiary alicyclic amines) is 1. The molecule has 1 aliphatic rings. The summed E-state index contributed by atoms with van der Waals surface area (Å²) >= 11 is 7.11. The lowest BCUT2D eigenvalue weighted by molar-refractivity contribution is -0.128. The highest BCUT2D eigenvalue weighted by Crippen LogP contribution is 2.31. The Kier molecular flexibility index (Phi) is 5.79. The second-order valence-electron chi connectivity index (χ2n) is 6.86. The molecule has 0 bridgehead atoms. The number of amidine groups is 1. The number of nitrogens with one attached hydrogen (secondary N) is 1. The third-order valence-corrected chi connectivity index (χ3v) is 8.09. The molecule has 0 aliphatic carbocycles. The summed E-state index contributed by atoms with van der Waals surface area (Å²) in [5.74, 6) is 0.0173. The van der Waals surface area contributed by atoms with Gasteiger partial charge < -0.3 is 10.6 Å². The second-order valence-corrected chi connectivity index (χ2v) is 10.3. The monoisotopic (exact) mass is 462 g/mol. The van der Waals surface area contributed by atoms with Crippen molar-refractivity contribution in [2.24, 2.45) is 10.7 Å². The summed E-state index contributed by atoms with van der Waals surface area (Å²) in [5, 5.41) is 1.28. The summed E-state index contributed by atoms with van der Waals surface area (Å²) in [6, 6.07) is 15.2. The number of carbonyl (C=O) groups is 1. The van der Waals surface area contributed by atoms with Gasteiger partial charge in [-0.3, -0.25) is 4.79 Å². The van der Waals surface area contributed by atoms with Crippen LogP contribution in [0.5, 0.6) is 0 Å². The van der Waals surface area contributed by atoms with E-state index in [0.717, 1.165) is 27.0 Å². The van der Waals surface area contributed by atoms with Gasteiger partial charge in [-0.15, -0.1) is 11.3 Å². The third kappa shape index (κ3) is 4.34. The maximum Gasteiger partial charge on any atom is 0.250 e. The molecule has 0 saturated carbocycles. The molecular weight excluding hydrogens is 444 g/mol. The van der Waals surface area contributed by atoms with Gasteiger partial charge in [0, 0.05) is 21.8 Å². The van der Waals surface area contributed by atoms with Crippen LogP contribution in [-0.4, -0.2) is 44.3 Å². The number of fused-ring (bicyclic) bond motifs is 1. The average Bonchev–Trinajstić information content (AvgIpc) is 3.31. The molecular formula is C20H19ClN4O3S2. The molecule has 2 aromatic carbocycles. The van der Waals surface area contributed by atoms with Gasteiger partial charge in [0.25, 0.3) is 10.0 Å². The Morgan fingerprint density at radius 1 is 1.23 bits per heavy atom. The number of halogens is 1. The van der Waals surface area contributed by atoms with Crippen LogP contribution in [0.4, 0.5) is 0 Å². The van der Waals surface area contributed by atoms with E-state index in [-0.39, 0.29) is 16.8 Å². The Morgan fingerprint density at radius 2 is 2.00 bits per heavy atom. The van der Waals surface area contributed by atoms with E-state index in [4.69, 9.17) is 17.3 Å². The van der Waals surface area contributed by atoms with E-state index < -0.39 is 16.1 Å². The fourth-order valence-electron chi connectivity index (χ4n) is 3.22. The number of sulfonamides is 1. The van der Waals surface area contributed by atoms with E-state index in [1.165, 1.54) is 4.90 Å². The number of aliphatic imine (C=N–C) groups is 1. The standard InChI is InChI=1S/C20H19ClN4O3S2/c21-15-6-7-17-14(10-15)11-18(29-17)30(27,28)24-16-8-9-25(20(16)26)12-23-19(22)13-4-2-1-3-5-13/h1-7,10-11,16,24H,8-9,12H2,(H2,22,23)/t16-/m0/s1. The van der Waals surface area contributed by atoms with Crippen LogP contribution in [0.15, 0.2) is 63.8 Å². The van der Waals surface area contributed by atoms with Crippen LogP contribution in [0, 0.1) is 0 Å². The van der Waals surface area contributed by atoms with Crippen LogP contribution >= 0.6 is 22.9 Å². The molecule has 1 aliphatic heterocycles. The number of carbonyl (C=O) groups excluding carboxylic acids is 1. The van der Waals surface area contributed by atoms with Crippen LogP contribution < -0.4 is 10.5 Å². The van der Waals surface area contributed by atoms with E-state index in [1.807, 2.05) is 30.3 Å². The Bertz CT molecular complexity index is 1230. The van der Waals surface area contributed by atoms with Crippen molar-refractivity contribution < 1.29 is 13.2 Å². The largest absolute Gasteiger partial charge is 0.383 e. The molecule has 4 rings (SSSR count). The van der Waals surface area contributed by atoms with Crippen molar-refractivity contribution in [3.63, 3.8) is 0 Å². The minimum Gasteiger partial charge on any atom is -0.383 e. The number of amides is 1. The summed E-state index contributed by atoms with van der Waals surface area (Å²) in [5.41, 5.74) is 6.74. The van der Waals surface area contributed by atoms with Gasteiger partial charge in [0.15, 0.2) is 0 Å². The zero-order valence-electron chi connectivity index (χ0n) is 15.8. The first-order valence-corrected chi connectivity index (χ1v) is 11.9. The van der Waals surface area contributed by atoms with Crippen molar-refractivity contribution in [2.75, 3.05) is 13.2 Å². The predicted molar refractivity (Wildman–Crippen MR) is 119 cm³/mol. The summed E-state index contributed by atoms with van der Waals surface area (Å²) < 4.78 is 29.1. The number of nitrogens with two attached hydrogens (primary N) is 1. The molecule has 7 nitrogen and oxygen atoms in total. The van der Waals surface area contributed by atoms with Gasteiger partial charge in [-0.1, -0.05) is 41.9 Å². The first kappa shape index (κ1) is 20.8. The summed E-state index contributed by atoms with van der Waals surface area (Å²) in [6.45, 7) is 0.485. The van der Waals surface area contributed by atoms with Crippen molar-refractivity contribution in [3.8, 4) is 0 Å². The number of rotatable bonds is 6. The maximum absolute atomic E-state index is 12.8. The predicted octanol–water partition coefficient (Wildman–Crippen LogP) is 2.80. The zero-order valence-corrected chi connectivity index (χ0v) is 18.2. The molecule has 0 radical (unpaired) electrons. The minimum atomic E-state index is -3.83. The van der Waals surface area contributed by atoms with Crippen LogP contribution in [-0.2, 0) is 14.8 Å². The SMILES string of the molecule is NC(=NCN1CC[C@H](NS(=O)(=O)c2cc3cc(Cl)ccc3s2)C1=O)c1ccccc1. The lowest BCUT2D eigenvalue weighted by Crippen LogP contribution is -2.41. The number of hydrogen-bond acceptors (Lipinski definition) is 5. The third-order valence-electron chi connectivity index (χ3n) is 4.80. The van der Waals surface area contributed by atoms with Crippen LogP contribution in [0.25, 0.3) is 10.1 Å². The molecule has 1 atom stereocenters. The molecule has 1 aromatic heterocycles. The highest BCUT2D eigenvalue weighted by atomic mass is 35.5. The highest BCUT2D eigenvalue weighted by Gasteiger charge is 2.35. The average molecular weight is 463 g/mol. The molecule has 30 heavy (non-hydrogen) atoms. The van der Waals surface area contributed by atoms with E-state index in [1.54, 1.807) is 24.3 Å². The fourth-order valence-corrected chi connectivity index (χ4v) is 6.02. The lowest BCUT2D eigenvalue weighted by atomic mass is 10.2. The van der Waals surface area contributed by atoms with E-state index in [9.17, 15) is 13.2 Å². The molecule has 2 heterocycles. The normalized spacial score (nSPS) is 17.8. The number of benzene rings is 2. The molecule has 1 saturated heterocycles. The minimum absolute atomic E-state index is 0.0825. The van der Waals surface area contributed by atoms with E-state index in [2.05, 4.69) is 9.71 Å². The maximum atomic E-state index is 12.8. The summed E-state index contributed by atoms with van der Waals surface area (Å²) in [7, 11) is -3.83. The zero-order chi connectivity index (χ0) is 21.3. The van der Waals surface area contributed by atoms with Crippen molar-refractivity contribution in [2.45, 2.75) is 16.7 Å². The molecule has 3 N–H and O–H groups in total. The van der Waals surface area contributed by atoms with E-state index in [0.29, 0.717) is 23.8 Å². The number of thiophene rings is 1. The smallest absolute Gasteiger partial charge is 0.250 e. The number of nitrogens with zero attached hydrogens (tertiary/aromatic N) is 2. The van der Waals surface area contributed by atoms with Crippen molar-refractivity contribution in [3.05, 3.63) is 65.2 Å². The Morgan fingerprint density at radius 3 is 2.77 bits per heavy atom. The van der Waals surface area contributed by atoms with Crippen molar-refractivity contribution in [1.82, 2.24) is 9.62 Å². The summed E-state index contributed by atoms with van der Waals surface area (Å²) in [6.07, 6.45) is 0.371. The second kappa shape index (κ2) is 8.35. The molecule has 3 aromatic rings. The van der Waals surface area contributed by atoms with Crippen LogP contribution in [0.2, 0.25) is 5.02 Å². The van der Waals surface area contributed by atoms with Gasteiger partial charge >= 0.3 is 0 Å². The Balaban J connectivity index is 1.44. The first-order valence-electron chi connectivity index (χ1n) is 9.19. The topological polar surface area (TPSA) is 105 Å². The lowest BCUT2D eigenvalue weighted by Gasteiger charge is -2.15. The van der Waals surface area contributed by atoms with Gasteiger partial charge in [0.1, 0.15) is 22.8 Å². The molecule has 0 unspecified atom stereocenters. The molecule has 1 fully saturated rings. The van der Waals surface area contributed by atoms with Gasteiger partial charge in [0.05, 0.1) is 0 Å². The highest BCUT2D eigenvalue weighted by molar-refractivity contribution is 7.91. The van der Waals surface area contributed by atoms with Gasteiger partial charge in [-0.2, -0.15) is 4.72 Å². The Hall–Kier alpha value is -2.46. The van der Waals surface area contributed by atoms with Gasteiger partial charge in [-0.05, 0) is 36.1 Å². The van der Waals surface area contributed by atoms with Crippen molar-refractivity contribution in [1.29, 1.82) is 0 Å². The van der Waals surface area contributed by atoms with Gasteiger partial charge in [-0.25, -0.2) is 13.4 Å². The van der Waals surface area contributed by atoms with Crippen molar-refractivity contribution >= 4 is 54.8 Å². The number of hydrogen-bond donors (Lipinski definition) is 2. The molecule has 10 heteroatoms. The Labute approximate surface area is 183 Å². The first-order chi connectivity index (χ1) is 14.3. The molecule has 156 valence electrons. The summed E-state index contributed by atoms with van der Waals surface area (Å²) in [4.78, 5) is 18.4. The molecule has 0 spiro atoms. The molecule has 1 amide bonds. The van der Waals surface area contributed by atoms with Crippen LogP contribution in [0.1, 0.15) is 12.0 Å².